The van der Waals surface area contributed by atoms with Crippen LogP contribution in [0.15, 0.2) is 33.6 Å². The van der Waals surface area contributed by atoms with Gasteiger partial charge in [-0.05, 0) is 19.5 Å². The van der Waals surface area contributed by atoms with E-state index in [0.717, 1.165) is 36.1 Å². The van der Waals surface area contributed by atoms with E-state index >= 15 is 0 Å². The van der Waals surface area contributed by atoms with Crippen LogP contribution in [0, 0.1) is 0 Å². The Hall–Kier alpha value is -3.00. The van der Waals surface area contributed by atoms with Crippen molar-refractivity contribution in [2.45, 2.75) is 190 Å². The summed E-state index contributed by atoms with van der Waals surface area (Å²) in [6.07, 6.45) is 13.3. The molecule has 2 amide bonds. The lowest BCUT2D eigenvalue weighted by Crippen LogP contribution is -2.59. The average Bonchev–Trinajstić information content (AvgIpc) is 3.63. The third-order valence-electron chi connectivity index (χ3n) is 12.2. The van der Waals surface area contributed by atoms with Crippen molar-refractivity contribution in [1.29, 1.82) is 0 Å². The molecule has 3 aliphatic rings. The van der Waals surface area contributed by atoms with Gasteiger partial charge in [0.2, 0.25) is 5.91 Å². The van der Waals surface area contributed by atoms with Crippen LogP contribution in [0.3, 0.4) is 0 Å². The first-order chi connectivity index (χ1) is 28.9. The topological polar surface area (TPSA) is 242 Å². The molecule has 0 aromatic carbocycles. The van der Waals surface area contributed by atoms with E-state index in [1.54, 1.807) is 18.0 Å². The monoisotopic (exact) mass is 851 g/mol. The van der Waals surface area contributed by atoms with Crippen molar-refractivity contribution >= 4 is 11.8 Å². The van der Waals surface area contributed by atoms with Gasteiger partial charge >= 0.3 is 5.69 Å². The first kappa shape index (κ1) is 49.7. The number of aliphatic hydroxyl groups excluding tert-OH is 4. The number of carbonyl (C=O) groups excluding carboxylic acids is 2. The van der Waals surface area contributed by atoms with Gasteiger partial charge in [-0.25, -0.2) is 4.79 Å². The molecule has 1 aromatic heterocycles. The quantitative estimate of drug-likeness (QED) is 0.0629. The van der Waals surface area contributed by atoms with Crippen LogP contribution < -0.4 is 22.3 Å². The average molecular weight is 851 g/mol. The molecule has 342 valence electrons. The molecule has 10 atom stereocenters. The number of hydrogen-bond acceptors (Lipinski definition) is 13. The number of unbranched alkanes of at least 4 members (excludes halogenated alkanes) is 18. The highest BCUT2D eigenvalue weighted by molar-refractivity contribution is 5.99. The van der Waals surface area contributed by atoms with Crippen LogP contribution in [-0.2, 0) is 23.8 Å². The highest BCUT2D eigenvalue weighted by Gasteiger charge is 2.55. The lowest BCUT2D eigenvalue weighted by molar-refractivity contribution is -0.232. The number of rotatable bonds is 27. The second-order valence-electron chi connectivity index (χ2n) is 16.8. The molecular weight excluding hydrogens is 777 g/mol. The van der Waals surface area contributed by atoms with Gasteiger partial charge in [-0.2, -0.15) is 0 Å². The molecule has 0 radical (unpaired) electrons. The molecule has 4 rings (SSSR count). The van der Waals surface area contributed by atoms with E-state index < -0.39 is 84.4 Å². The first-order valence-electron chi connectivity index (χ1n) is 22.6. The predicted octanol–water partition coefficient (Wildman–Crippen LogP) is 2.15. The second kappa shape index (κ2) is 25.8. The summed E-state index contributed by atoms with van der Waals surface area (Å²) < 4.78 is 18.8. The smallest absolute Gasteiger partial charge is 0.330 e. The van der Waals surface area contributed by atoms with Gasteiger partial charge in [0.05, 0.1) is 0 Å². The zero-order chi connectivity index (χ0) is 43.6. The number of aromatic amines is 1. The Labute approximate surface area is 354 Å². The number of aliphatic hydroxyl groups is 4. The second-order valence-corrected chi connectivity index (χ2v) is 16.8. The summed E-state index contributed by atoms with van der Waals surface area (Å²) >= 11 is 0. The number of ether oxygens (including phenoxy) is 3. The highest BCUT2D eigenvalue weighted by atomic mass is 16.7. The Morgan fingerprint density at radius 3 is 1.88 bits per heavy atom. The van der Waals surface area contributed by atoms with Crippen LogP contribution >= 0.6 is 0 Å². The minimum atomic E-state index is -1.75. The molecule has 2 fully saturated rings. The van der Waals surface area contributed by atoms with Gasteiger partial charge in [-0.3, -0.25) is 28.8 Å². The first-order valence-corrected chi connectivity index (χ1v) is 22.6. The molecule has 0 spiro atoms. The van der Waals surface area contributed by atoms with Gasteiger partial charge in [-0.1, -0.05) is 122 Å². The maximum atomic E-state index is 14.3. The molecule has 17 heteroatoms. The van der Waals surface area contributed by atoms with Gasteiger partial charge in [0.1, 0.15) is 54.5 Å². The van der Waals surface area contributed by atoms with Crippen molar-refractivity contribution in [3.05, 3.63) is 44.9 Å². The Bertz CT molecular complexity index is 1590. The summed E-state index contributed by atoms with van der Waals surface area (Å²) in [4.78, 5) is 56.9. The molecule has 60 heavy (non-hydrogen) atoms. The van der Waals surface area contributed by atoms with E-state index in [4.69, 9.17) is 19.9 Å². The van der Waals surface area contributed by atoms with Crippen LogP contribution in [0.5, 0.6) is 0 Å². The Morgan fingerprint density at radius 2 is 1.37 bits per heavy atom. The molecular formula is C43H74N6O11. The fourth-order valence-electron chi connectivity index (χ4n) is 8.44. The minimum absolute atomic E-state index is 0.0684. The molecule has 17 nitrogen and oxygen atoms in total. The molecule has 1 aromatic rings. The van der Waals surface area contributed by atoms with E-state index in [2.05, 4.69) is 17.2 Å². The van der Waals surface area contributed by atoms with Gasteiger partial charge in [-0.15, -0.1) is 0 Å². The van der Waals surface area contributed by atoms with Crippen molar-refractivity contribution in [3.8, 4) is 0 Å². The Kier molecular flexibility index (Phi) is 21.4. The molecule has 8 N–H and O–H groups in total. The minimum Gasteiger partial charge on any atom is -0.387 e. The van der Waals surface area contributed by atoms with Crippen LogP contribution in [0.1, 0.15) is 135 Å². The molecule has 0 aliphatic carbocycles. The normalized spacial score (nSPS) is 27.9. The van der Waals surface area contributed by atoms with Crippen molar-refractivity contribution in [2.75, 3.05) is 33.7 Å². The molecule has 0 saturated carbocycles. The number of aromatic nitrogens is 2. The van der Waals surface area contributed by atoms with Gasteiger partial charge in [0.25, 0.3) is 11.5 Å². The third kappa shape index (κ3) is 14.0. The number of nitrogens with zero attached hydrogens (tertiary/aromatic N) is 3. The SMILES string of the molecule is CCCCCCCCCCCCCCCCCCCCCNC(=O)C1=CCN(C)[C@@H]([C@H](O[C@@H]2O[C@H](CN)[C@@H](O)[C@H]2O)[C@H]2O[C@@H](n3ccc(=O)[nH]c3=O)[C@H](O)[C@@H]2O)C(=O)N1C. The summed E-state index contributed by atoms with van der Waals surface area (Å²) in [6.45, 7) is 2.61. The Morgan fingerprint density at radius 1 is 0.817 bits per heavy atom. The highest BCUT2D eigenvalue weighted by Crippen LogP contribution is 2.36. The number of nitrogens with two attached hydrogens (primary N) is 1. The van der Waals surface area contributed by atoms with E-state index in [9.17, 15) is 39.6 Å². The van der Waals surface area contributed by atoms with Crippen LogP contribution in [0.25, 0.3) is 0 Å². The zero-order valence-corrected chi connectivity index (χ0v) is 36.1. The Balaban J connectivity index is 1.24. The number of amides is 2. The summed E-state index contributed by atoms with van der Waals surface area (Å²) in [5.74, 6) is -1.07. The summed E-state index contributed by atoms with van der Waals surface area (Å²) in [5.41, 5.74) is 4.22. The summed E-state index contributed by atoms with van der Waals surface area (Å²) in [5, 5.41) is 46.7. The lowest BCUT2D eigenvalue weighted by atomic mass is 9.97. The maximum absolute atomic E-state index is 14.3. The fraction of sp³-hybridized carbons (Fsp3) is 0.814. The molecule has 0 unspecified atom stereocenters. The van der Waals surface area contributed by atoms with Crippen LogP contribution in [0.4, 0.5) is 0 Å². The van der Waals surface area contributed by atoms with Gasteiger partial charge in [0.15, 0.2) is 12.5 Å². The maximum Gasteiger partial charge on any atom is 0.330 e. The van der Waals surface area contributed by atoms with E-state index in [-0.39, 0.29) is 18.8 Å². The number of H-pyrrole nitrogens is 1. The van der Waals surface area contributed by atoms with Crippen LogP contribution in [0.2, 0.25) is 0 Å². The summed E-state index contributed by atoms with van der Waals surface area (Å²) in [7, 11) is 3.03. The van der Waals surface area contributed by atoms with Crippen molar-refractivity contribution in [1.82, 2.24) is 24.7 Å². The van der Waals surface area contributed by atoms with Crippen molar-refractivity contribution < 1.29 is 44.2 Å². The standard InChI is InChI=1S/C43H74N6O11/c1-4-5-6-7-8-9-10-11-12-13-14-15-16-17-18-19-20-21-22-25-45-39(55)29-23-26-47(2)32(40(56)48(29)3)37(60-42-36(54)33(51)30(28-44)58-42)38-34(52)35(53)41(59-38)49-27-24-31(50)46-43(49)57/h23-24,27,30,32-38,41-42,51-54H,4-22,25-26,28,44H2,1-3H3,(H,45,55)(H,46,50,57)/t30-,32+,33-,34+,35-,36-,37+,38+,41-,42+/m1/s1. The number of hydrogen-bond donors (Lipinski definition) is 7. The molecule has 0 bridgehead atoms. The molecule has 2 saturated heterocycles. The number of carbonyl (C=O) groups is 2. The van der Waals surface area contributed by atoms with Crippen molar-refractivity contribution in [2.24, 2.45) is 5.73 Å². The number of likely N-dealkylation sites (N-methyl/N-ethyl adjacent to an activating group) is 2. The molecule has 3 aliphatic heterocycles. The lowest BCUT2D eigenvalue weighted by Gasteiger charge is -2.38. The largest absolute Gasteiger partial charge is 0.387 e. The number of nitrogens with one attached hydrogen (secondary N) is 2. The van der Waals surface area contributed by atoms with E-state index in [1.807, 2.05) is 0 Å². The zero-order valence-electron chi connectivity index (χ0n) is 36.1. The van der Waals surface area contributed by atoms with Gasteiger partial charge in [0, 0.05) is 38.9 Å². The summed E-state index contributed by atoms with van der Waals surface area (Å²) in [6, 6.07) is -0.265. The van der Waals surface area contributed by atoms with Crippen LogP contribution in [-0.4, -0.2) is 140 Å². The fourth-order valence-corrected chi connectivity index (χ4v) is 8.44. The van der Waals surface area contributed by atoms with Gasteiger partial charge < -0.3 is 50.6 Å². The van der Waals surface area contributed by atoms with E-state index in [0.29, 0.717) is 6.54 Å². The van der Waals surface area contributed by atoms with E-state index in [1.165, 1.54) is 115 Å². The predicted molar refractivity (Wildman–Crippen MR) is 226 cm³/mol. The van der Waals surface area contributed by atoms with Crippen molar-refractivity contribution in [3.63, 3.8) is 0 Å². The molecule has 4 heterocycles. The third-order valence-corrected chi connectivity index (χ3v) is 12.2.